The van der Waals surface area contributed by atoms with Gasteiger partial charge in [0.05, 0.1) is 22.2 Å². The maximum Gasteiger partial charge on any atom is 0.319 e. The van der Waals surface area contributed by atoms with E-state index >= 15 is 0 Å². The number of nitriles is 1. The standard InChI is InChI=1S/C12H13Cl2N3O/c1-12(2,6-15)7-16-11(18)17-10-5-8(13)3-4-9(10)14/h3-5H,7H2,1-2H3,(H2,16,17,18). The summed E-state index contributed by atoms with van der Waals surface area (Å²) in [5.41, 5.74) is -0.188. The van der Waals surface area contributed by atoms with Gasteiger partial charge in [-0.1, -0.05) is 23.2 Å². The van der Waals surface area contributed by atoms with Gasteiger partial charge in [0.1, 0.15) is 0 Å². The van der Waals surface area contributed by atoms with Crippen molar-refractivity contribution in [2.75, 3.05) is 11.9 Å². The average Bonchev–Trinajstić information content (AvgIpc) is 2.31. The molecule has 0 aliphatic carbocycles. The highest BCUT2D eigenvalue weighted by Crippen LogP contribution is 2.25. The van der Waals surface area contributed by atoms with Crippen molar-refractivity contribution >= 4 is 34.9 Å². The molecule has 0 bridgehead atoms. The minimum absolute atomic E-state index is 0.244. The molecule has 1 aromatic rings. The lowest BCUT2D eigenvalue weighted by molar-refractivity contribution is 0.249. The maximum absolute atomic E-state index is 11.6. The number of nitrogens with zero attached hydrogens (tertiary/aromatic N) is 1. The molecule has 0 aliphatic rings. The summed E-state index contributed by atoms with van der Waals surface area (Å²) in [6, 6.07) is 6.44. The molecule has 0 spiro atoms. The lowest BCUT2D eigenvalue weighted by atomic mass is 9.96. The number of rotatable bonds is 3. The zero-order chi connectivity index (χ0) is 13.8. The largest absolute Gasteiger partial charge is 0.336 e. The third kappa shape index (κ3) is 4.44. The molecule has 2 N–H and O–H groups in total. The number of hydrogen-bond donors (Lipinski definition) is 2. The summed E-state index contributed by atoms with van der Waals surface area (Å²) < 4.78 is 0. The van der Waals surface area contributed by atoms with E-state index in [1.165, 1.54) is 0 Å². The number of amides is 2. The topological polar surface area (TPSA) is 64.9 Å². The molecule has 0 saturated carbocycles. The van der Waals surface area contributed by atoms with Crippen LogP contribution in [0.5, 0.6) is 0 Å². The lowest BCUT2D eigenvalue weighted by Gasteiger charge is -2.16. The number of halogens is 2. The lowest BCUT2D eigenvalue weighted by Crippen LogP contribution is -2.36. The summed E-state index contributed by atoms with van der Waals surface area (Å²) in [5.74, 6) is 0. The Morgan fingerprint density at radius 2 is 2.11 bits per heavy atom. The Morgan fingerprint density at radius 1 is 1.44 bits per heavy atom. The number of nitrogens with one attached hydrogen (secondary N) is 2. The molecular formula is C12H13Cl2N3O. The first-order valence-corrected chi connectivity index (χ1v) is 6.01. The number of benzene rings is 1. The maximum atomic E-state index is 11.6. The monoisotopic (exact) mass is 285 g/mol. The Morgan fingerprint density at radius 3 is 2.72 bits per heavy atom. The smallest absolute Gasteiger partial charge is 0.319 e. The quantitative estimate of drug-likeness (QED) is 0.890. The zero-order valence-electron chi connectivity index (χ0n) is 10.1. The summed E-state index contributed by atoms with van der Waals surface area (Å²) in [6.07, 6.45) is 0. The third-order valence-electron chi connectivity index (χ3n) is 2.17. The third-order valence-corrected chi connectivity index (χ3v) is 2.73. The number of hydrogen-bond acceptors (Lipinski definition) is 2. The van der Waals surface area contributed by atoms with Crippen LogP contribution in [0.2, 0.25) is 10.0 Å². The van der Waals surface area contributed by atoms with Gasteiger partial charge in [0.2, 0.25) is 0 Å². The molecule has 1 rings (SSSR count). The van der Waals surface area contributed by atoms with E-state index in [1.807, 2.05) is 0 Å². The Hall–Kier alpha value is -1.44. The van der Waals surface area contributed by atoms with Crippen LogP contribution in [0.1, 0.15) is 13.8 Å². The second-order valence-electron chi connectivity index (χ2n) is 4.43. The van der Waals surface area contributed by atoms with Crippen molar-refractivity contribution in [1.82, 2.24) is 5.32 Å². The van der Waals surface area contributed by atoms with Gasteiger partial charge in [0.15, 0.2) is 0 Å². The molecular weight excluding hydrogens is 273 g/mol. The highest BCUT2D eigenvalue weighted by molar-refractivity contribution is 6.35. The number of urea groups is 1. The van der Waals surface area contributed by atoms with Crippen LogP contribution >= 0.6 is 23.2 Å². The van der Waals surface area contributed by atoms with E-state index in [2.05, 4.69) is 16.7 Å². The number of anilines is 1. The SMILES string of the molecule is CC(C)(C#N)CNC(=O)Nc1cc(Cl)ccc1Cl. The minimum Gasteiger partial charge on any atom is -0.336 e. The highest BCUT2D eigenvalue weighted by Gasteiger charge is 2.17. The molecule has 0 heterocycles. The second kappa shape index (κ2) is 5.94. The first kappa shape index (κ1) is 14.6. The summed E-state index contributed by atoms with van der Waals surface area (Å²) >= 11 is 11.7. The van der Waals surface area contributed by atoms with E-state index in [4.69, 9.17) is 28.5 Å². The van der Waals surface area contributed by atoms with Crippen LogP contribution in [0.25, 0.3) is 0 Å². The van der Waals surface area contributed by atoms with Crippen LogP contribution in [-0.4, -0.2) is 12.6 Å². The van der Waals surface area contributed by atoms with Crippen molar-refractivity contribution in [3.05, 3.63) is 28.2 Å². The molecule has 96 valence electrons. The molecule has 4 nitrogen and oxygen atoms in total. The molecule has 0 radical (unpaired) electrons. The Bertz CT molecular complexity index is 495. The van der Waals surface area contributed by atoms with Gasteiger partial charge >= 0.3 is 6.03 Å². The molecule has 1 aromatic carbocycles. The Kier molecular flexibility index (Phi) is 4.83. The van der Waals surface area contributed by atoms with Crippen molar-refractivity contribution in [1.29, 1.82) is 5.26 Å². The van der Waals surface area contributed by atoms with Crippen molar-refractivity contribution < 1.29 is 4.79 Å². The minimum atomic E-state index is -0.616. The van der Waals surface area contributed by atoms with E-state index in [0.717, 1.165) is 0 Å². The van der Waals surface area contributed by atoms with Gasteiger partial charge < -0.3 is 10.6 Å². The predicted octanol–water partition coefficient (Wildman–Crippen LogP) is 3.66. The van der Waals surface area contributed by atoms with Gasteiger partial charge in [0, 0.05) is 11.6 Å². The van der Waals surface area contributed by atoms with Crippen molar-refractivity contribution in [2.24, 2.45) is 5.41 Å². The van der Waals surface area contributed by atoms with Gasteiger partial charge in [0.25, 0.3) is 0 Å². The van der Waals surface area contributed by atoms with Gasteiger partial charge in [-0.15, -0.1) is 0 Å². The highest BCUT2D eigenvalue weighted by atomic mass is 35.5. The first-order valence-electron chi connectivity index (χ1n) is 5.25. The summed E-state index contributed by atoms with van der Waals surface area (Å²) in [5, 5.41) is 14.9. The van der Waals surface area contributed by atoms with E-state index in [-0.39, 0.29) is 6.54 Å². The van der Waals surface area contributed by atoms with E-state index in [9.17, 15) is 4.79 Å². The number of carbonyl (C=O) groups excluding carboxylic acids is 1. The summed E-state index contributed by atoms with van der Waals surface area (Å²) in [7, 11) is 0. The molecule has 0 fully saturated rings. The van der Waals surface area contributed by atoms with Gasteiger partial charge in [-0.25, -0.2) is 4.79 Å². The molecule has 0 atom stereocenters. The molecule has 2 amide bonds. The van der Waals surface area contributed by atoms with Gasteiger partial charge in [-0.2, -0.15) is 5.26 Å². The van der Waals surface area contributed by atoms with Crippen LogP contribution < -0.4 is 10.6 Å². The van der Waals surface area contributed by atoms with E-state index < -0.39 is 11.4 Å². The van der Waals surface area contributed by atoms with Crippen LogP contribution in [0.15, 0.2) is 18.2 Å². The molecule has 0 saturated heterocycles. The molecule has 18 heavy (non-hydrogen) atoms. The van der Waals surface area contributed by atoms with Crippen molar-refractivity contribution in [2.45, 2.75) is 13.8 Å². The van der Waals surface area contributed by atoms with Crippen LogP contribution in [0, 0.1) is 16.7 Å². The average molecular weight is 286 g/mol. The fourth-order valence-electron chi connectivity index (χ4n) is 1.10. The summed E-state index contributed by atoms with van der Waals surface area (Å²) in [6.45, 7) is 3.72. The van der Waals surface area contributed by atoms with Crippen LogP contribution in [0.4, 0.5) is 10.5 Å². The number of carbonyl (C=O) groups is 1. The Labute approximate surface area is 116 Å². The zero-order valence-corrected chi connectivity index (χ0v) is 11.6. The first-order chi connectivity index (χ1) is 8.34. The van der Waals surface area contributed by atoms with Crippen molar-refractivity contribution in [3.63, 3.8) is 0 Å². The van der Waals surface area contributed by atoms with E-state index in [1.54, 1.807) is 32.0 Å². The fraction of sp³-hybridized carbons (Fsp3) is 0.333. The molecule has 0 unspecified atom stereocenters. The molecule has 6 heteroatoms. The van der Waals surface area contributed by atoms with E-state index in [0.29, 0.717) is 15.7 Å². The summed E-state index contributed by atoms with van der Waals surface area (Å²) in [4.78, 5) is 11.6. The predicted molar refractivity (Wildman–Crippen MR) is 72.9 cm³/mol. The molecule has 0 aromatic heterocycles. The normalized spacial score (nSPS) is 10.6. The van der Waals surface area contributed by atoms with Crippen LogP contribution in [0.3, 0.4) is 0 Å². The second-order valence-corrected chi connectivity index (χ2v) is 5.27. The van der Waals surface area contributed by atoms with Crippen molar-refractivity contribution in [3.8, 4) is 6.07 Å². The van der Waals surface area contributed by atoms with Crippen LogP contribution in [-0.2, 0) is 0 Å². The molecule has 0 aliphatic heterocycles. The van der Waals surface area contributed by atoms with Gasteiger partial charge in [-0.05, 0) is 32.0 Å². The van der Waals surface area contributed by atoms with Gasteiger partial charge in [-0.3, -0.25) is 0 Å². The fourth-order valence-corrected chi connectivity index (χ4v) is 1.44. The Balaban J connectivity index is 2.61.